The number of carbonyl (C=O) groups excluding carboxylic acids is 2. The first kappa shape index (κ1) is 19.6. The SMILES string of the molecule is CNC(=O)c1cc(C(=O)C[C@@H]2C[C@H]2CO)cc2c1O[C@H](CF)[C@H]2c1ccccc1. The zero-order valence-electron chi connectivity index (χ0n) is 16.2. The molecule has 0 spiro atoms. The van der Waals surface area contributed by atoms with E-state index in [1.165, 1.54) is 7.05 Å². The van der Waals surface area contributed by atoms with Crippen LogP contribution in [0.5, 0.6) is 5.75 Å². The van der Waals surface area contributed by atoms with E-state index in [2.05, 4.69) is 5.32 Å². The standard InChI is InChI=1S/C23H24FNO4/c1-25-23(28)18-9-15(19(27)10-14-7-16(14)12-26)8-17-21(13-5-3-2-4-6-13)20(11-24)29-22(17)18/h2-6,8-9,14,16,20-21,26H,7,10-12H2,1H3,(H,25,28)/t14-,16-,20+,21-/m0/s1. The maximum Gasteiger partial charge on any atom is 0.254 e. The molecule has 2 aromatic carbocycles. The smallest absolute Gasteiger partial charge is 0.254 e. The maximum absolute atomic E-state index is 13.8. The number of fused-ring (bicyclic) bond motifs is 1. The van der Waals surface area contributed by atoms with Gasteiger partial charge in [0.05, 0.1) is 11.5 Å². The summed E-state index contributed by atoms with van der Waals surface area (Å²) in [4.78, 5) is 25.4. The molecule has 2 aliphatic rings. The number of hydrogen-bond donors (Lipinski definition) is 2. The fourth-order valence-corrected chi connectivity index (χ4v) is 4.21. The Hall–Kier alpha value is -2.73. The number of carbonyl (C=O) groups is 2. The lowest BCUT2D eigenvalue weighted by Gasteiger charge is -2.16. The molecule has 4 rings (SSSR count). The fraction of sp³-hybridized carbons (Fsp3) is 0.391. The summed E-state index contributed by atoms with van der Waals surface area (Å²) >= 11 is 0. The Bertz CT molecular complexity index is 930. The van der Waals surface area contributed by atoms with E-state index in [1.807, 2.05) is 30.3 Å². The predicted octanol–water partition coefficient (Wildman–Crippen LogP) is 3.11. The highest BCUT2D eigenvalue weighted by molar-refractivity contribution is 6.03. The molecule has 1 aliphatic carbocycles. The normalized spacial score (nSPS) is 24.5. The Morgan fingerprint density at radius 2 is 1.97 bits per heavy atom. The van der Waals surface area contributed by atoms with E-state index in [9.17, 15) is 19.1 Å². The summed E-state index contributed by atoms with van der Waals surface area (Å²) in [5, 5.41) is 11.8. The second-order valence-electron chi connectivity index (χ2n) is 7.79. The number of nitrogens with one attached hydrogen (secondary N) is 1. The number of halogens is 1. The number of ether oxygens (including phenoxy) is 1. The largest absolute Gasteiger partial charge is 0.486 e. The van der Waals surface area contributed by atoms with Crippen molar-refractivity contribution in [3.8, 4) is 5.75 Å². The third-order valence-electron chi connectivity index (χ3n) is 5.95. The minimum atomic E-state index is -0.747. The fourth-order valence-electron chi connectivity index (χ4n) is 4.21. The summed E-state index contributed by atoms with van der Waals surface area (Å²) in [6.45, 7) is -0.612. The highest BCUT2D eigenvalue weighted by Gasteiger charge is 2.41. The molecule has 0 saturated heterocycles. The first-order valence-electron chi connectivity index (χ1n) is 9.89. The zero-order chi connectivity index (χ0) is 20.5. The number of aliphatic hydroxyl groups excluding tert-OH is 1. The van der Waals surface area contributed by atoms with Crippen LogP contribution in [-0.4, -0.2) is 43.2 Å². The topological polar surface area (TPSA) is 75.6 Å². The van der Waals surface area contributed by atoms with Crippen LogP contribution in [0.3, 0.4) is 0 Å². The number of hydrogen-bond acceptors (Lipinski definition) is 4. The molecular weight excluding hydrogens is 373 g/mol. The summed E-state index contributed by atoms with van der Waals surface area (Å²) in [7, 11) is 1.51. The van der Waals surface area contributed by atoms with Crippen LogP contribution in [0.1, 0.15) is 50.6 Å². The van der Waals surface area contributed by atoms with Gasteiger partial charge in [-0.15, -0.1) is 0 Å². The van der Waals surface area contributed by atoms with Crippen LogP contribution in [0.2, 0.25) is 0 Å². The van der Waals surface area contributed by atoms with E-state index in [4.69, 9.17) is 4.74 Å². The zero-order valence-corrected chi connectivity index (χ0v) is 16.2. The van der Waals surface area contributed by atoms with Crippen LogP contribution < -0.4 is 10.1 Å². The van der Waals surface area contributed by atoms with E-state index in [-0.39, 0.29) is 35.7 Å². The van der Waals surface area contributed by atoms with Crippen molar-refractivity contribution in [3.63, 3.8) is 0 Å². The van der Waals surface area contributed by atoms with Gasteiger partial charge >= 0.3 is 0 Å². The third-order valence-corrected chi connectivity index (χ3v) is 5.95. The van der Waals surface area contributed by atoms with Gasteiger partial charge in [-0.1, -0.05) is 30.3 Å². The van der Waals surface area contributed by atoms with Gasteiger partial charge in [0.25, 0.3) is 5.91 Å². The van der Waals surface area contributed by atoms with Crippen molar-refractivity contribution >= 4 is 11.7 Å². The van der Waals surface area contributed by atoms with Gasteiger partial charge in [-0.25, -0.2) is 4.39 Å². The van der Waals surface area contributed by atoms with Crippen molar-refractivity contribution in [2.75, 3.05) is 20.3 Å². The van der Waals surface area contributed by atoms with Crippen LogP contribution in [-0.2, 0) is 0 Å². The molecule has 1 fully saturated rings. The summed E-state index contributed by atoms with van der Waals surface area (Å²) in [6, 6.07) is 12.7. The lowest BCUT2D eigenvalue weighted by atomic mass is 9.86. The Labute approximate surface area is 168 Å². The van der Waals surface area contributed by atoms with Gasteiger partial charge in [0.2, 0.25) is 0 Å². The van der Waals surface area contributed by atoms with Crippen LogP contribution in [0.25, 0.3) is 0 Å². The van der Waals surface area contributed by atoms with Crippen molar-refractivity contribution in [1.29, 1.82) is 0 Å². The quantitative estimate of drug-likeness (QED) is 0.704. The van der Waals surface area contributed by atoms with E-state index < -0.39 is 18.7 Å². The first-order valence-corrected chi connectivity index (χ1v) is 9.89. The molecule has 2 N–H and O–H groups in total. The molecule has 4 atom stereocenters. The highest BCUT2D eigenvalue weighted by Crippen LogP contribution is 2.46. The van der Waals surface area contributed by atoms with Gasteiger partial charge in [-0.3, -0.25) is 9.59 Å². The second-order valence-corrected chi connectivity index (χ2v) is 7.79. The van der Waals surface area contributed by atoms with Crippen molar-refractivity contribution in [2.24, 2.45) is 11.8 Å². The molecule has 0 bridgehead atoms. The Morgan fingerprint density at radius 1 is 1.21 bits per heavy atom. The van der Waals surface area contributed by atoms with E-state index >= 15 is 0 Å². The van der Waals surface area contributed by atoms with Crippen LogP contribution in [0.4, 0.5) is 4.39 Å². The van der Waals surface area contributed by atoms with Crippen LogP contribution in [0, 0.1) is 11.8 Å². The second kappa shape index (κ2) is 7.95. The number of benzene rings is 2. The molecular formula is C23H24FNO4. The monoisotopic (exact) mass is 397 g/mol. The molecule has 2 aromatic rings. The molecule has 6 heteroatoms. The van der Waals surface area contributed by atoms with Crippen LogP contribution in [0.15, 0.2) is 42.5 Å². The van der Waals surface area contributed by atoms with E-state index in [0.29, 0.717) is 23.3 Å². The average molecular weight is 397 g/mol. The van der Waals surface area contributed by atoms with Gasteiger partial charge in [-0.05, 0) is 36.0 Å². The van der Waals surface area contributed by atoms with Crippen molar-refractivity contribution < 1.29 is 23.8 Å². The average Bonchev–Trinajstić information content (AvgIpc) is 3.40. The number of rotatable bonds is 7. The van der Waals surface area contributed by atoms with Gasteiger partial charge in [0.15, 0.2) is 5.78 Å². The molecule has 29 heavy (non-hydrogen) atoms. The van der Waals surface area contributed by atoms with Crippen molar-refractivity contribution in [1.82, 2.24) is 5.32 Å². The van der Waals surface area contributed by atoms with Gasteiger partial charge in [0, 0.05) is 31.2 Å². The minimum absolute atomic E-state index is 0.0746. The predicted molar refractivity (Wildman–Crippen MR) is 106 cm³/mol. The number of amides is 1. The van der Waals surface area contributed by atoms with E-state index in [1.54, 1.807) is 12.1 Å². The molecule has 1 saturated carbocycles. The lowest BCUT2D eigenvalue weighted by molar-refractivity contribution is 0.0955. The first-order chi connectivity index (χ1) is 14.1. The molecule has 1 aliphatic heterocycles. The van der Waals surface area contributed by atoms with Gasteiger partial charge < -0.3 is 15.2 Å². The third kappa shape index (κ3) is 3.65. The summed E-state index contributed by atoms with van der Waals surface area (Å²) in [5.74, 6) is -0.126. The summed E-state index contributed by atoms with van der Waals surface area (Å²) in [6.07, 6.45) is 0.429. The number of ketones is 1. The molecule has 1 amide bonds. The Morgan fingerprint density at radius 3 is 2.59 bits per heavy atom. The van der Waals surface area contributed by atoms with Crippen LogP contribution >= 0.6 is 0 Å². The molecule has 5 nitrogen and oxygen atoms in total. The lowest BCUT2D eigenvalue weighted by Crippen LogP contribution is -2.22. The molecule has 0 aromatic heterocycles. The molecule has 1 heterocycles. The Kier molecular flexibility index (Phi) is 5.37. The summed E-state index contributed by atoms with van der Waals surface area (Å²) < 4.78 is 19.7. The van der Waals surface area contributed by atoms with Gasteiger partial charge in [0.1, 0.15) is 18.5 Å². The molecule has 152 valence electrons. The Balaban J connectivity index is 1.76. The minimum Gasteiger partial charge on any atom is -0.486 e. The summed E-state index contributed by atoms with van der Waals surface area (Å²) in [5.41, 5.74) is 2.22. The van der Waals surface area contributed by atoms with Gasteiger partial charge in [-0.2, -0.15) is 0 Å². The molecule has 0 radical (unpaired) electrons. The van der Waals surface area contributed by atoms with E-state index in [0.717, 1.165) is 12.0 Å². The maximum atomic E-state index is 13.8. The number of aliphatic hydroxyl groups is 1. The molecule has 0 unspecified atom stereocenters. The number of Topliss-reactive ketones (excluding diaryl/α,β-unsaturated/α-hetero) is 1. The number of alkyl halides is 1. The van der Waals surface area contributed by atoms with Crippen molar-refractivity contribution in [2.45, 2.75) is 24.9 Å². The van der Waals surface area contributed by atoms with Crippen molar-refractivity contribution in [3.05, 3.63) is 64.7 Å². The highest BCUT2D eigenvalue weighted by atomic mass is 19.1.